The molecule has 1 aliphatic rings. The van der Waals surface area contributed by atoms with Gasteiger partial charge in [-0.2, -0.15) is 0 Å². The molecule has 0 aromatic rings. The number of aliphatic hydroxyl groups is 1. The van der Waals surface area contributed by atoms with E-state index in [0.717, 1.165) is 19.3 Å². The Morgan fingerprint density at radius 2 is 2.22 bits per heavy atom. The van der Waals surface area contributed by atoms with Crippen molar-refractivity contribution in [2.45, 2.75) is 58.5 Å². The van der Waals surface area contributed by atoms with E-state index in [1.807, 2.05) is 6.92 Å². The maximum atomic E-state index is 11.9. The minimum absolute atomic E-state index is 0.0982. The number of carbonyl (C=O) groups is 2. The van der Waals surface area contributed by atoms with Crippen molar-refractivity contribution < 1.29 is 19.4 Å². The van der Waals surface area contributed by atoms with Crippen LogP contribution in [-0.4, -0.2) is 29.6 Å². The van der Waals surface area contributed by atoms with E-state index in [2.05, 4.69) is 6.92 Å². The van der Waals surface area contributed by atoms with Crippen LogP contribution in [0.4, 0.5) is 0 Å². The van der Waals surface area contributed by atoms with E-state index in [1.165, 1.54) is 0 Å². The molecular formula is C14H24O4. The van der Waals surface area contributed by atoms with Gasteiger partial charge < -0.3 is 9.84 Å². The van der Waals surface area contributed by atoms with E-state index in [0.29, 0.717) is 19.3 Å². The lowest BCUT2D eigenvalue weighted by molar-refractivity contribution is -0.143. The van der Waals surface area contributed by atoms with Crippen molar-refractivity contribution >= 4 is 11.8 Å². The monoisotopic (exact) mass is 256 g/mol. The quantitative estimate of drug-likeness (QED) is 0.533. The van der Waals surface area contributed by atoms with Gasteiger partial charge in [-0.25, -0.2) is 0 Å². The lowest BCUT2D eigenvalue weighted by Gasteiger charge is -2.19. The number of ketones is 1. The zero-order chi connectivity index (χ0) is 13.5. The van der Waals surface area contributed by atoms with Crippen LogP contribution in [0.15, 0.2) is 0 Å². The molecule has 0 radical (unpaired) electrons. The van der Waals surface area contributed by atoms with Crippen molar-refractivity contribution in [2.75, 3.05) is 6.61 Å². The fourth-order valence-electron chi connectivity index (χ4n) is 2.35. The highest BCUT2D eigenvalue weighted by Gasteiger charge is 2.34. The van der Waals surface area contributed by atoms with Gasteiger partial charge in [-0.1, -0.05) is 26.7 Å². The normalized spacial score (nSPS) is 24.9. The summed E-state index contributed by atoms with van der Waals surface area (Å²) in [5.41, 5.74) is 0. The number of Topliss-reactive ketones (excluding diaryl/α,β-unsaturated/α-hetero) is 1. The van der Waals surface area contributed by atoms with E-state index in [1.54, 1.807) is 0 Å². The molecule has 0 spiro atoms. The van der Waals surface area contributed by atoms with Crippen molar-refractivity contribution in [3.63, 3.8) is 0 Å². The summed E-state index contributed by atoms with van der Waals surface area (Å²) in [4.78, 5) is 23.1. The number of esters is 1. The molecule has 3 unspecified atom stereocenters. The number of unbranched alkanes of at least 4 members (excludes halogenated alkanes) is 2. The van der Waals surface area contributed by atoms with Gasteiger partial charge >= 0.3 is 5.97 Å². The predicted molar refractivity (Wildman–Crippen MR) is 68.0 cm³/mol. The van der Waals surface area contributed by atoms with Gasteiger partial charge in [0, 0.05) is 18.3 Å². The molecule has 0 bridgehead atoms. The Kier molecular flexibility index (Phi) is 6.33. The average Bonchev–Trinajstić information content (AvgIpc) is 2.64. The van der Waals surface area contributed by atoms with Crippen LogP contribution in [0.1, 0.15) is 52.4 Å². The molecule has 0 aromatic carbocycles. The first kappa shape index (κ1) is 15.2. The standard InChI is InChI=1S/C14H24O4/c1-3-4-5-6-12(16)11(9-15)8-13-10(2)7-14(17)18-13/h10-11,13,15H,3-9H2,1-2H3. The van der Waals surface area contributed by atoms with Crippen molar-refractivity contribution in [1.29, 1.82) is 0 Å². The molecule has 1 aliphatic heterocycles. The highest BCUT2D eigenvalue weighted by Crippen LogP contribution is 2.27. The summed E-state index contributed by atoms with van der Waals surface area (Å²) in [6.07, 6.45) is 4.21. The Morgan fingerprint density at radius 1 is 1.50 bits per heavy atom. The summed E-state index contributed by atoms with van der Waals surface area (Å²) in [5, 5.41) is 9.30. The van der Waals surface area contributed by atoms with Crippen LogP contribution in [0, 0.1) is 11.8 Å². The maximum Gasteiger partial charge on any atom is 0.306 e. The molecule has 1 fully saturated rings. The maximum absolute atomic E-state index is 11.9. The number of carbonyl (C=O) groups excluding carboxylic acids is 2. The van der Waals surface area contributed by atoms with Crippen molar-refractivity contribution in [1.82, 2.24) is 0 Å². The first-order chi connectivity index (χ1) is 8.58. The Bertz CT molecular complexity index is 288. The summed E-state index contributed by atoms with van der Waals surface area (Å²) < 4.78 is 5.18. The highest BCUT2D eigenvalue weighted by atomic mass is 16.5. The summed E-state index contributed by atoms with van der Waals surface area (Å²) in [7, 11) is 0. The smallest absolute Gasteiger partial charge is 0.306 e. The van der Waals surface area contributed by atoms with Crippen LogP contribution >= 0.6 is 0 Å². The van der Waals surface area contributed by atoms with Gasteiger partial charge in [-0.05, 0) is 12.8 Å². The van der Waals surface area contributed by atoms with Gasteiger partial charge in [0.2, 0.25) is 0 Å². The number of aliphatic hydroxyl groups excluding tert-OH is 1. The number of hydrogen-bond acceptors (Lipinski definition) is 4. The van der Waals surface area contributed by atoms with Gasteiger partial charge in [-0.3, -0.25) is 9.59 Å². The second-order valence-electron chi connectivity index (χ2n) is 5.25. The van der Waals surface area contributed by atoms with E-state index in [-0.39, 0.29) is 36.3 Å². The van der Waals surface area contributed by atoms with Crippen molar-refractivity contribution in [3.05, 3.63) is 0 Å². The molecule has 0 saturated carbocycles. The van der Waals surface area contributed by atoms with E-state index in [9.17, 15) is 14.7 Å². The van der Waals surface area contributed by atoms with Gasteiger partial charge in [0.15, 0.2) is 0 Å². The Labute approximate surface area is 109 Å². The third-order valence-electron chi connectivity index (χ3n) is 3.63. The predicted octanol–water partition coefficient (Wildman–Crippen LogP) is 2.09. The van der Waals surface area contributed by atoms with Crippen LogP contribution < -0.4 is 0 Å². The third kappa shape index (κ3) is 4.41. The molecular weight excluding hydrogens is 232 g/mol. The molecule has 0 aliphatic carbocycles. The molecule has 1 rings (SSSR count). The molecule has 1 heterocycles. The van der Waals surface area contributed by atoms with E-state index >= 15 is 0 Å². The minimum Gasteiger partial charge on any atom is -0.462 e. The van der Waals surface area contributed by atoms with Crippen LogP contribution in [0.5, 0.6) is 0 Å². The van der Waals surface area contributed by atoms with E-state index < -0.39 is 0 Å². The number of cyclic esters (lactones) is 1. The van der Waals surface area contributed by atoms with Gasteiger partial charge in [0.05, 0.1) is 13.0 Å². The second kappa shape index (κ2) is 7.52. The van der Waals surface area contributed by atoms with Gasteiger partial charge in [0.25, 0.3) is 0 Å². The lowest BCUT2D eigenvalue weighted by atomic mass is 9.90. The molecule has 1 saturated heterocycles. The number of rotatable bonds is 8. The Morgan fingerprint density at radius 3 is 2.72 bits per heavy atom. The second-order valence-corrected chi connectivity index (χ2v) is 5.25. The summed E-state index contributed by atoms with van der Waals surface area (Å²) in [6, 6.07) is 0. The first-order valence-corrected chi connectivity index (χ1v) is 6.91. The molecule has 0 amide bonds. The summed E-state index contributed by atoms with van der Waals surface area (Å²) in [6.45, 7) is 3.89. The number of hydrogen-bond donors (Lipinski definition) is 1. The van der Waals surface area contributed by atoms with Crippen LogP contribution in [0.2, 0.25) is 0 Å². The topological polar surface area (TPSA) is 63.6 Å². The van der Waals surface area contributed by atoms with Crippen LogP contribution in [0.25, 0.3) is 0 Å². The largest absolute Gasteiger partial charge is 0.462 e. The number of ether oxygens (including phenoxy) is 1. The fourth-order valence-corrected chi connectivity index (χ4v) is 2.35. The Balaban J connectivity index is 2.41. The molecule has 0 aromatic heterocycles. The van der Waals surface area contributed by atoms with Gasteiger partial charge in [-0.15, -0.1) is 0 Å². The molecule has 4 nitrogen and oxygen atoms in total. The average molecular weight is 256 g/mol. The zero-order valence-electron chi connectivity index (χ0n) is 11.4. The van der Waals surface area contributed by atoms with E-state index in [4.69, 9.17) is 4.74 Å². The highest BCUT2D eigenvalue weighted by molar-refractivity contribution is 5.81. The molecule has 4 heteroatoms. The molecule has 3 atom stereocenters. The third-order valence-corrected chi connectivity index (χ3v) is 3.63. The summed E-state index contributed by atoms with van der Waals surface area (Å²) in [5.74, 6) is -0.320. The van der Waals surface area contributed by atoms with Gasteiger partial charge in [0.1, 0.15) is 11.9 Å². The molecule has 104 valence electrons. The summed E-state index contributed by atoms with van der Waals surface area (Å²) >= 11 is 0. The minimum atomic E-state index is -0.375. The lowest BCUT2D eigenvalue weighted by Crippen LogP contribution is -2.26. The zero-order valence-corrected chi connectivity index (χ0v) is 11.4. The molecule has 1 N–H and O–H groups in total. The van der Waals surface area contributed by atoms with Crippen molar-refractivity contribution in [2.24, 2.45) is 11.8 Å². The van der Waals surface area contributed by atoms with Crippen molar-refractivity contribution in [3.8, 4) is 0 Å². The first-order valence-electron chi connectivity index (χ1n) is 6.91. The molecule has 18 heavy (non-hydrogen) atoms. The Hall–Kier alpha value is -0.900. The van der Waals surface area contributed by atoms with Crippen LogP contribution in [0.3, 0.4) is 0 Å². The fraction of sp³-hybridized carbons (Fsp3) is 0.857. The van der Waals surface area contributed by atoms with Crippen LogP contribution in [-0.2, 0) is 14.3 Å². The SMILES string of the molecule is CCCCCC(=O)C(CO)CC1OC(=O)CC1C.